The summed E-state index contributed by atoms with van der Waals surface area (Å²) in [6, 6.07) is 10.8. The molecule has 0 unspecified atom stereocenters. The van der Waals surface area contributed by atoms with Gasteiger partial charge in [-0.05, 0) is 22.0 Å². The van der Waals surface area contributed by atoms with Crippen molar-refractivity contribution in [1.29, 1.82) is 10.5 Å². The van der Waals surface area contributed by atoms with Crippen LogP contribution in [0, 0.1) is 22.7 Å². The maximum absolute atomic E-state index is 12.1. The lowest BCUT2D eigenvalue weighted by molar-refractivity contribution is 0.882. The second kappa shape index (κ2) is 6.03. The molecule has 0 bridgehead atoms. The molecule has 0 amide bonds. The summed E-state index contributed by atoms with van der Waals surface area (Å²) < 4.78 is 2.35. The fourth-order valence-corrected chi connectivity index (χ4v) is 2.72. The zero-order valence-corrected chi connectivity index (χ0v) is 13.7. The Morgan fingerprint density at radius 1 is 1.21 bits per heavy atom. The van der Waals surface area contributed by atoms with Crippen molar-refractivity contribution in [2.24, 2.45) is 0 Å². The van der Waals surface area contributed by atoms with Crippen molar-refractivity contribution in [1.82, 2.24) is 14.8 Å². The molecule has 1 aromatic carbocycles. The Balaban J connectivity index is 2.43. The third-order valence-corrected chi connectivity index (χ3v) is 3.85. The number of nitrogens with zero attached hydrogens (tertiary/aromatic N) is 4. The highest BCUT2D eigenvalue weighted by molar-refractivity contribution is 9.10. The first-order valence-electron chi connectivity index (χ1n) is 6.72. The number of aromatic amines is 1. The van der Waals surface area contributed by atoms with Gasteiger partial charge in [-0.3, -0.25) is 4.79 Å². The quantitative estimate of drug-likeness (QED) is 0.705. The second-order valence-corrected chi connectivity index (χ2v) is 5.75. The summed E-state index contributed by atoms with van der Waals surface area (Å²) in [7, 11) is 0. The maximum atomic E-state index is 12.1. The number of nitriles is 2. The minimum absolute atomic E-state index is 0.0461. The van der Waals surface area contributed by atoms with Crippen molar-refractivity contribution in [2.45, 2.75) is 0 Å². The number of aromatic nitrogens is 3. The monoisotopic (exact) mass is 380 g/mol. The van der Waals surface area contributed by atoms with Crippen molar-refractivity contribution >= 4 is 21.7 Å². The van der Waals surface area contributed by atoms with Gasteiger partial charge in [-0.25, -0.2) is 4.68 Å². The summed E-state index contributed by atoms with van der Waals surface area (Å²) in [4.78, 5) is 14.4. The molecule has 2 heterocycles. The second-order valence-electron chi connectivity index (χ2n) is 4.84. The Labute approximate surface area is 144 Å². The van der Waals surface area contributed by atoms with Gasteiger partial charge < -0.3 is 10.7 Å². The number of anilines is 1. The summed E-state index contributed by atoms with van der Waals surface area (Å²) in [6.45, 7) is 0. The summed E-state index contributed by atoms with van der Waals surface area (Å²) >= 11 is 3.33. The maximum Gasteiger partial charge on any atom is 0.268 e. The van der Waals surface area contributed by atoms with Crippen molar-refractivity contribution in [3.05, 3.63) is 62.6 Å². The van der Waals surface area contributed by atoms with Crippen LogP contribution in [0.1, 0.15) is 11.1 Å². The molecular weight excluding hydrogens is 372 g/mol. The molecule has 0 atom stereocenters. The number of nitrogens with one attached hydrogen (secondary N) is 1. The Hall–Kier alpha value is -3.36. The molecule has 0 fully saturated rings. The molecule has 0 radical (unpaired) electrons. The van der Waals surface area contributed by atoms with Gasteiger partial charge in [-0.1, -0.05) is 18.2 Å². The van der Waals surface area contributed by atoms with Crippen LogP contribution in [0.2, 0.25) is 0 Å². The topological polar surface area (TPSA) is 124 Å². The number of nitrogens with two attached hydrogens (primary N) is 1. The standard InChI is InChI=1S/C16H9BrN6O/c17-9-7-21-23(8-9)13-4-2-1-3-10(13)14-11(5-18)15(20)22-16(24)12(14)6-19/h1-4,7-8H,(H3,20,22,24). The molecule has 8 heteroatoms. The first-order chi connectivity index (χ1) is 11.6. The van der Waals surface area contributed by atoms with E-state index in [9.17, 15) is 15.3 Å². The number of halogens is 1. The molecule has 0 aliphatic rings. The van der Waals surface area contributed by atoms with Gasteiger partial charge in [0.25, 0.3) is 5.56 Å². The van der Waals surface area contributed by atoms with Crippen molar-refractivity contribution in [3.63, 3.8) is 0 Å². The lowest BCUT2D eigenvalue weighted by Gasteiger charge is -2.13. The van der Waals surface area contributed by atoms with Gasteiger partial charge in [0, 0.05) is 17.3 Å². The Morgan fingerprint density at radius 2 is 1.92 bits per heavy atom. The fourth-order valence-electron chi connectivity index (χ4n) is 2.43. The molecule has 2 aromatic heterocycles. The molecule has 116 valence electrons. The van der Waals surface area contributed by atoms with Crippen LogP contribution in [0.5, 0.6) is 0 Å². The number of hydrogen-bond donors (Lipinski definition) is 2. The molecular formula is C16H9BrN6O. The fraction of sp³-hybridized carbons (Fsp3) is 0. The average molecular weight is 381 g/mol. The summed E-state index contributed by atoms with van der Waals surface area (Å²) in [5, 5.41) is 23.0. The largest absolute Gasteiger partial charge is 0.384 e. The van der Waals surface area contributed by atoms with E-state index in [1.807, 2.05) is 12.1 Å². The van der Waals surface area contributed by atoms with E-state index in [-0.39, 0.29) is 22.5 Å². The van der Waals surface area contributed by atoms with Gasteiger partial charge >= 0.3 is 0 Å². The van der Waals surface area contributed by atoms with Crippen LogP contribution >= 0.6 is 15.9 Å². The third kappa shape index (κ3) is 2.45. The highest BCUT2D eigenvalue weighted by atomic mass is 79.9. The molecule has 3 rings (SSSR count). The smallest absolute Gasteiger partial charge is 0.268 e. The SMILES string of the molecule is N#Cc1c(N)[nH]c(=O)c(C#N)c1-c1ccccc1-n1cc(Br)cn1. The van der Waals surface area contributed by atoms with Crippen LogP contribution in [0.3, 0.4) is 0 Å². The van der Waals surface area contributed by atoms with Crippen LogP contribution in [0.15, 0.2) is 45.9 Å². The zero-order valence-electron chi connectivity index (χ0n) is 12.1. The number of benzene rings is 1. The van der Waals surface area contributed by atoms with Crippen LogP contribution in [0.4, 0.5) is 5.82 Å². The Kier molecular flexibility index (Phi) is 3.90. The molecule has 0 aliphatic carbocycles. The number of H-pyrrole nitrogens is 1. The minimum atomic E-state index is -0.638. The highest BCUT2D eigenvalue weighted by Gasteiger charge is 2.21. The molecule has 0 aliphatic heterocycles. The van der Waals surface area contributed by atoms with Crippen LogP contribution in [-0.4, -0.2) is 14.8 Å². The van der Waals surface area contributed by atoms with Crippen molar-refractivity contribution in [3.8, 4) is 29.0 Å². The van der Waals surface area contributed by atoms with E-state index in [4.69, 9.17) is 5.73 Å². The van der Waals surface area contributed by atoms with Gasteiger partial charge in [0.05, 0.1) is 16.4 Å². The zero-order chi connectivity index (χ0) is 17.3. The van der Waals surface area contributed by atoms with E-state index >= 15 is 0 Å². The minimum Gasteiger partial charge on any atom is -0.384 e. The lowest BCUT2D eigenvalue weighted by Crippen LogP contribution is -2.17. The van der Waals surface area contributed by atoms with Gasteiger partial charge in [-0.15, -0.1) is 0 Å². The first kappa shape index (κ1) is 15.5. The molecule has 0 saturated carbocycles. The van der Waals surface area contributed by atoms with E-state index in [0.29, 0.717) is 11.3 Å². The normalized spacial score (nSPS) is 10.1. The third-order valence-electron chi connectivity index (χ3n) is 3.44. The van der Waals surface area contributed by atoms with Gasteiger partial charge in [0.15, 0.2) is 0 Å². The van der Waals surface area contributed by atoms with Crippen molar-refractivity contribution in [2.75, 3.05) is 5.73 Å². The molecule has 3 aromatic rings. The van der Waals surface area contributed by atoms with Gasteiger partial charge in [-0.2, -0.15) is 15.6 Å². The Morgan fingerprint density at radius 3 is 2.54 bits per heavy atom. The first-order valence-corrected chi connectivity index (χ1v) is 7.52. The number of rotatable bonds is 2. The summed E-state index contributed by atoms with van der Waals surface area (Å²) in [5.41, 5.74) is 6.33. The predicted molar refractivity (Wildman–Crippen MR) is 91.2 cm³/mol. The van der Waals surface area contributed by atoms with Crippen LogP contribution in [0.25, 0.3) is 16.8 Å². The number of hydrogen-bond acceptors (Lipinski definition) is 5. The van der Waals surface area contributed by atoms with Gasteiger partial charge in [0.1, 0.15) is 29.1 Å². The molecule has 0 spiro atoms. The number of pyridine rings is 1. The Bertz CT molecular complexity index is 1080. The predicted octanol–water partition coefficient (Wildman–Crippen LogP) is 2.32. The summed E-state index contributed by atoms with van der Waals surface area (Å²) in [6.07, 6.45) is 3.34. The van der Waals surface area contributed by atoms with E-state index in [1.54, 1.807) is 41.3 Å². The molecule has 0 saturated heterocycles. The number of para-hydroxylation sites is 1. The highest BCUT2D eigenvalue weighted by Crippen LogP contribution is 2.32. The lowest BCUT2D eigenvalue weighted by atomic mass is 9.95. The number of nitrogen functional groups attached to an aromatic ring is 1. The summed E-state index contributed by atoms with van der Waals surface area (Å²) in [5.74, 6) is -0.0760. The van der Waals surface area contributed by atoms with Gasteiger partial charge in [0.2, 0.25) is 0 Å². The molecule has 7 nitrogen and oxygen atoms in total. The molecule has 24 heavy (non-hydrogen) atoms. The van der Waals surface area contributed by atoms with E-state index in [0.717, 1.165) is 4.47 Å². The average Bonchev–Trinajstić information content (AvgIpc) is 3.00. The van der Waals surface area contributed by atoms with E-state index in [2.05, 4.69) is 26.0 Å². The van der Waals surface area contributed by atoms with Crippen LogP contribution < -0.4 is 11.3 Å². The van der Waals surface area contributed by atoms with E-state index < -0.39 is 5.56 Å². The van der Waals surface area contributed by atoms with E-state index in [1.165, 1.54) is 0 Å². The van der Waals surface area contributed by atoms with Crippen molar-refractivity contribution < 1.29 is 0 Å². The van der Waals surface area contributed by atoms with Crippen LogP contribution in [-0.2, 0) is 0 Å². The molecule has 3 N–H and O–H groups in total.